The summed E-state index contributed by atoms with van der Waals surface area (Å²) in [5.74, 6) is -0.870. The number of nitrogens with zero attached hydrogens (tertiary/aromatic N) is 2. The molecule has 2 aromatic rings. The Morgan fingerprint density at radius 3 is 2.81 bits per heavy atom. The number of rotatable bonds is 5. The predicted molar refractivity (Wildman–Crippen MR) is 99.1 cm³/mol. The summed E-state index contributed by atoms with van der Waals surface area (Å²) in [6.45, 7) is 3.63. The average Bonchev–Trinajstić information content (AvgIpc) is 3.06. The highest BCUT2D eigenvalue weighted by Gasteiger charge is 2.36. The number of fused-ring (bicyclic) bond motifs is 1. The molecule has 1 aliphatic heterocycles. The van der Waals surface area contributed by atoms with E-state index in [1.54, 1.807) is 17.0 Å². The van der Waals surface area contributed by atoms with Crippen LogP contribution in [0.5, 0.6) is 0 Å². The van der Waals surface area contributed by atoms with Gasteiger partial charge in [-0.05, 0) is 31.9 Å². The van der Waals surface area contributed by atoms with Gasteiger partial charge in [-0.25, -0.2) is 13.2 Å². The molecule has 1 fully saturated rings. The first-order valence-electron chi connectivity index (χ1n) is 8.52. The van der Waals surface area contributed by atoms with Crippen LogP contribution < -0.4 is 5.76 Å². The van der Waals surface area contributed by atoms with Gasteiger partial charge in [-0.15, -0.1) is 0 Å². The topological polar surface area (TPSA) is 89.6 Å². The standard InChI is InChI=1S/C17H21ClN2O5S/c1-3-11(2)20(13-6-7-26(23,24)10-13)16(21)9-19-14-5-4-12(18)8-15(14)25-17(19)22/h4-5,8,11,13H,3,6-7,9-10H2,1-2H3/t11-,13+/m0/s1. The molecule has 142 valence electrons. The molecule has 0 bridgehead atoms. The van der Waals surface area contributed by atoms with Crippen molar-refractivity contribution in [3.63, 3.8) is 0 Å². The van der Waals surface area contributed by atoms with E-state index < -0.39 is 15.6 Å². The van der Waals surface area contributed by atoms with Gasteiger partial charge in [-0.2, -0.15) is 0 Å². The normalized spacial score (nSPS) is 20.3. The second-order valence-electron chi connectivity index (χ2n) is 6.68. The lowest BCUT2D eigenvalue weighted by Gasteiger charge is -2.33. The van der Waals surface area contributed by atoms with Crippen LogP contribution in [0.1, 0.15) is 26.7 Å². The lowest BCUT2D eigenvalue weighted by atomic mass is 10.1. The molecular weight excluding hydrogens is 380 g/mol. The fourth-order valence-corrected chi connectivity index (χ4v) is 5.28. The first-order valence-corrected chi connectivity index (χ1v) is 10.7. The van der Waals surface area contributed by atoms with Crippen molar-refractivity contribution < 1.29 is 17.6 Å². The van der Waals surface area contributed by atoms with E-state index in [0.29, 0.717) is 29.0 Å². The van der Waals surface area contributed by atoms with Crippen molar-refractivity contribution in [1.29, 1.82) is 0 Å². The van der Waals surface area contributed by atoms with Gasteiger partial charge in [-0.3, -0.25) is 9.36 Å². The van der Waals surface area contributed by atoms with Crippen molar-refractivity contribution in [2.24, 2.45) is 0 Å². The van der Waals surface area contributed by atoms with Gasteiger partial charge in [0.05, 0.1) is 17.0 Å². The number of carbonyl (C=O) groups is 1. The Morgan fingerprint density at radius 2 is 2.19 bits per heavy atom. The lowest BCUT2D eigenvalue weighted by Crippen LogP contribution is -2.48. The minimum atomic E-state index is -3.12. The van der Waals surface area contributed by atoms with Crippen LogP contribution >= 0.6 is 11.6 Å². The van der Waals surface area contributed by atoms with Gasteiger partial charge in [0.15, 0.2) is 15.4 Å². The highest BCUT2D eigenvalue weighted by Crippen LogP contribution is 2.23. The second-order valence-corrected chi connectivity index (χ2v) is 9.35. The minimum absolute atomic E-state index is 0.0281. The number of hydrogen-bond donors (Lipinski definition) is 0. The summed E-state index contributed by atoms with van der Waals surface area (Å²) >= 11 is 5.91. The molecule has 26 heavy (non-hydrogen) atoms. The summed E-state index contributed by atoms with van der Waals surface area (Å²) in [7, 11) is -3.12. The highest BCUT2D eigenvalue weighted by atomic mass is 35.5. The predicted octanol–water partition coefficient (Wildman–Crippen LogP) is 2.06. The largest absolute Gasteiger partial charge is 0.420 e. The molecule has 0 spiro atoms. The van der Waals surface area contributed by atoms with Crippen molar-refractivity contribution in [2.45, 2.75) is 45.3 Å². The van der Waals surface area contributed by atoms with Crippen LogP contribution in [0.15, 0.2) is 27.4 Å². The van der Waals surface area contributed by atoms with Gasteiger partial charge in [-0.1, -0.05) is 18.5 Å². The number of amides is 1. The number of halogens is 1. The van der Waals surface area contributed by atoms with Crippen LogP contribution in [0, 0.1) is 0 Å². The third-order valence-electron chi connectivity index (χ3n) is 4.88. The molecule has 0 saturated carbocycles. The SMILES string of the molecule is CC[C@H](C)N(C(=O)Cn1c(=O)oc2cc(Cl)ccc21)[C@@H]1CCS(=O)(=O)C1. The number of benzene rings is 1. The molecule has 1 aromatic heterocycles. The summed E-state index contributed by atoms with van der Waals surface area (Å²) in [5.41, 5.74) is 0.796. The molecule has 0 N–H and O–H groups in total. The summed E-state index contributed by atoms with van der Waals surface area (Å²) in [5, 5.41) is 0.433. The van der Waals surface area contributed by atoms with Crippen molar-refractivity contribution in [3.8, 4) is 0 Å². The summed E-state index contributed by atoms with van der Waals surface area (Å²) in [4.78, 5) is 26.8. The number of carbonyl (C=O) groups excluding carboxylic acids is 1. The molecular formula is C17H21ClN2O5S. The van der Waals surface area contributed by atoms with Gasteiger partial charge < -0.3 is 9.32 Å². The Balaban J connectivity index is 1.91. The maximum absolute atomic E-state index is 13.0. The molecule has 1 amide bonds. The Kier molecular flexibility index (Phi) is 5.16. The number of hydrogen-bond acceptors (Lipinski definition) is 5. The zero-order chi connectivity index (χ0) is 19.1. The average molecular weight is 401 g/mol. The maximum atomic E-state index is 13.0. The molecule has 7 nitrogen and oxygen atoms in total. The van der Waals surface area contributed by atoms with Crippen molar-refractivity contribution in [1.82, 2.24) is 9.47 Å². The molecule has 3 rings (SSSR count). The summed E-state index contributed by atoms with van der Waals surface area (Å²) in [6.07, 6.45) is 1.12. The van der Waals surface area contributed by atoms with Crippen LogP contribution in [0.25, 0.3) is 11.1 Å². The lowest BCUT2D eigenvalue weighted by molar-refractivity contribution is -0.136. The van der Waals surface area contributed by atoms with Crippen molar-refractivity contribution in [3.05, 3.63) is 33.8 Å². The zero-order valence-electron chi connectivity index (χ0n) is 14.6. The van der Waals surface area contributed by atoms with E-state index in [2.05, 4.69) is 0 Å². The molecule has 0 unspecified atom stereocenters. The quantitative estimate of drug-likeness (QED) is 0.766. The van der Waals surface area contributed by atoms with E-state index in [-0.39, 0.29) is 36.0 Å². The minimum Gasteiger partial charge on any atom is -0.408 e. The Bertz CT molecular complexity index is 994. The monoisotopic (exact) mass is 400 g/mol. The van der Waals surface area contributed by atoms with Crippen LogP contribution in [0.2, 0.25) is 5.02 Å². The Hall–Kier alpha value is -1.80. The van der Waals surface area contributed by atoms with Gasteiger partial charge in [0, 0.05) is 23.2 Å². The van der Waals surface area contributed by atoms with Crippen LogP contribution in [-0.2, 0) is 21.2 Å². The van der Waals surface area contributed by atoms with E-state index in [9.17, 15) is 18.0 Å². The molecule has 0 radical (unpaired) electrons. The fraction of sp³-hybridized carbons (Fsp3) is 0.529. The van der Waals surface area contributed by atoms with Crippen LogP contribution in [-0.4, -0.2) is 47.4 Å². The van der Waals surface area contributed by atoms with Gasteiger partial charge in [0.1, 0.15) is 6.54 Å². The molecule has 1 saturated heterocycles. The molecule has 1 aliphatic rings. The second kappa shape index (κ2) is 7.08. The summed E-state index contributed by atoms with van der Waals surface area (Å²) < 4.78 is 30.1. The number of oxazole rings is 1. The Morgan fingerprint density at radius 1 is 1.46 bits per heavy atom. The van der Waals surface area contributed by atoms with E-state index in [4.69, 9.17) is 16.0 Å². The Labute approximate surface area is 156 Å². The fourth-order valence-electron chi connectivity index (χ4n) is 3.41. The number of sulfone groups is 1. The van der Waals surface area contributed by atoms with Crippen LogP contribution in [0.4, 0.5) is 0 Å². The third kappa shape index (κ3) is 3.66. The molecule has 2 heterocycles. The third-order valence-corrected chi connectivity index (χ3v) is 6.86. The van der Waals surface area contributed by atoms with Crippen LogP contribution in [0.3, 0.4) is 0 Å². The van der Waals surface area contributed by atoms with E-state index in [0.717, 1.165) is 0 Å². The van der Waals surface area contributed by atoms with Crippen molar-refractivity contribution in [2.75, 3.05) is 11.5 Å². The molecule has 1 aromatic carbocycles. The van der Waals surface area contributed by atoms with E-state index in [1.165, 1.54) is 10.6 Å². The zero-order valence-corrected chi connectivity index (χ0v) is 16.2. The van der Waals surface area contributed by atoms with E-state index in [1.807, 2.05) is 13.8 Å². The number of aromatic nitrogens is 1. The van der Waals surface area contributed by atoms with Crippen molar-refractivity contribution >= 4 is 38.4 Å². The molecule has 0 aliphatic carbocycles. The summed E-state index contributed by atoms with van der Waals surface area (Å²) in [6, 6.07) is 4.30. The molecule has 2 atom stereocenters. The highest BCUT2D eigenvalue weighted by molar-refractivity contribution is 7.91. The molecule has 9 heteroatoms. The van der Waals surface area contributed by atoms with Gasteiger partial charge in [0.25, 0.3) is 0 Å². The van der Waals surface area contributed by atoms with E-state index >= 15 is 0 Å². The maximum Gasteiger partial charge on any atom is 0.420 e. The van der Waals surface area contributed by atoms with Gasteiger partial charge in [0.2, 0.25) is 5.91 Å². The van der Waals surface area contributed by atoms with Gasteiger partial charge >= 0.3 is 5.76 Å². The smallest absolute Gasteiger partial charge is 0.408 e. The first-order chi connectivity index (χ1) is 12.2. The first kappa shape index (κ1) is 19.0.